The summed E-state index contributed by atoms with van der Waals surface area (Å²) in [5.74, 6) is 0. The molecule has 2 rings (SSSR count). The summed E-state index contributed by atoms with van der Waals surface area (Å²) in [5, 5.41) is 0. The van der Waals surface area contributed by atoms with Crippen LogP contribution in [0.3, 0.4) is 0 Å². The van der Waals surface area contributed by atoms with Gasteiger partial charge in [0.1, 0.15) is 0 Å². The molecule has 1 radical (unpaired) electrons. The fraction of sp³-hybridized carbons (Fsp3) is 0.500. The van der Waals surface area contributed by atoms with E-state index in [1.165, 1.54) is 37.9 Å². The van der Waals surface area contributed by atoms with E-state index in [4.69, 9.17) is 0 Å². The molecule has 0 unspecified atom stereocenters. The number of benzene rings is 1. The van der Waals surface area contributed by atoms with Crippen LogP contribution in [0, 0.1) is 6.07 Å². The first-order chi connectivity index (χ1) is 6.45. The van der Waals surface area contributed by atoms with Crippen LogP contribution in [-0.2, 0) is 6.54 Å². The summed E-state index contributed by atoms with van der Waals surface area (Å²) in [6.07, 6.45) is 4.16. The number of piperidine rings is 1. The summed E-state index contributed by atoms with van der Waals surface area (Å²) >= 11 is 0. The van der Waals surface area contributed by atoms with Crippen LogP contribution >= 0.6 is 0 Å². The normalized spacial score (nSPS) is 17.4. The Kier molecular flexibility index (Phi) is 5.52. The van der Waals surface area contributed by atoms with Gasteiger partial charge in [-0.15, -0.1) is 0 Å². The van der Waals surface area contributed by atoms with E-state index in [0.29, 0.717) is 0 Å². The molecule has 73 valence electrons. The Morgan fingerprint density at radius 1 is 1.21 bits per heavy atom. The maximum Gasteiger partial charge on any atom is 0.316 e. The minimum atomic E-state index is 0. The van der Waals surface area contributed by atoms with Crippen LogP contribution in [0.2, 0.25) is 0 Å². The number of hydrogen-bond donors (Lipinski definition) is 0. The zero-order valence-electron chi connectivity index (χ0n) is 8.00. The van der Waals surface area contributed by atoms with Gasteiger partial charge in [-0.2, -0.15) is 0 Å². The smallest absolute Gasteiger partial charge is 0.299 e. The average molecular weight is 201 g/mol. The molecule has 14 heavy (non-hydrogen) atoms. The third kappa shape index (κ3) is 3.60. The Bertz CT molecular complexity index is 242. The molecule has 1 saturated heterocycles. The van der Waals surface area contributed by atoms with Crippen molar-refractivity contribution in [2.45, 2.75) is 25.8 Å². The predicted molar refractivity (Wildman–Crippen MR) is 63.0 cm³/mol. The molecule has 0 saturated carbocycles. The summed E-state index contributed by atoms with van der Waals surface area (Å²) in [5.41, 5.74) is 1.39. The Labute approximate surface area is 103 Å². The highest BCUT2D eigenvalue weighted by Gasteiger charge is 2.09. The van der Waals surface area contributed by atoms with Gasteiger partial charge < -0.3 is 0 Å². The Morgan fingerprint density at radius 3 is 2.64 bits per heavy atom. The van der Waals surface area contributed by atoms with E-state index in [1.54, 1.807) is 0 Å². The van der Waals surface area contributed by atoms with Crippen LogP contribution in [0.4, 0.5) is 0 Å². The SMILES string of the molecule is [MgH2].[c]1cccc(CN2CCCCC2)c1. The first kappa shape index (κ1) is 12.0. The number of nitrogens with zero attached hydrogens (tertiary/aromatic N) is 1. The van der Waals surface area contributed by atoms with E-state index in [2.05, 4.69) is 29.2 Å². The molecule has 1 aliphatic rings. The maximum atomic E-state index is 3.12. The lowest BCUT2D eigenvalue weighted by molar-refractivity contribution is 0.221. The second-order valence-electron chi connectivity index (χ2n) is 3.75. The van der Waals surface area contributed by atoms with Crippen molar-refractivity contribution in [1.82, 2.24) is 4.90 Å². The van der Waals surface area contributed by atoms with Crippen LogP contribution in [-0.4, -0.2) is 41.0 Å². The van der Waals surface area contributed by atoms with E-state index < -0.39 is 0 Å². The zero-order valence-corrected chi connectivity index (χ0v) is 8.00. The van der Waals surface area contributed by atoms with Crippen molar-refractivity contribution >= 4 is 23.1 Å². The van der Waals surface area contributed by atoms with Gasteiger partial charge in [-0.05, 0) is 43.6 Å². The van der Waals surface area contributed by atoms with Crippen molar-refractivity contribution < 1.29 is 0 Å². The van der Waals surface area contributed by atoms with Gasteiger partial charge in [-0.1, -0.05) is 24.6 Å². The second-order valence-corrected chi connectivity index (χ2v) is 3.75. The fourth-order valence-electron chi connectivity index (χ4n) is 1.90. The lowest BCUT2D eigenvalue weighted by Crippen LogP contribution is -2.28. The molecule has 1 nitrogen and oxygen atoms in total. The van der Waals surface area contributed by atoms with Gasteiger partial charge in [0.15, 0.2) is 0 Å². The van der Waals surface area contributed by atoms with Gasteiger partial charge in [0.25, 0.3) is 0 Å². The largest absolute Gasteiger partial charge is 0.316 e. The molecule has 0 aliphatic carbocycles. The van der Waals surface area contributed by atoms with E-state index in [0.717, 1.165) is 6.54 Å². The van der Waals surface area contributed by atoms with Crippen LogP contribution in [0.15, 0.2) is 24.3 Å². The standard InChI is InChI=1S/C12H16N.Mg.2H/c1-3-7-12(8-4-1)11-13-9-5-2-6-10-13;;;/h1,3,7-8H,2,5-6,9-11H2;;;. The highest BCUT2D eigenvalue weighted by atomic mass is 24.3. The van der Waals surface area contributed by atoms with Gasteiger partial charge in [0, 0.05) is 6.54 Å². The molecule has 0 N–H and O–H groups in total. The lowest BCUT2D eigenvalue weighted by atomic mass is 10.1. The number of hydrogen-bond acceptors (Lipinski definition) is 1. The van der Waals surface area contributed by atoms with Crippen LogP contribution < -0.4 is 0 Å². The molecular weight excluding hydrogens is 182 g/mol. The number of rotatable bonds is 2. The molecule has 1 aliphatic heterocycles. The highest BCUT2D eigenvalue weighted by molar-refractivity contribution is 5.75. The van der Waals surface area contributed by atoms with Gasteiger partial charge in [0.05, 0.1) is 0 Å². The minimum absolute atomic E-state index is 0. The van der Waals surface area contributed by atoms with Crippen molar-refractivity contribution in [2.75, 3.05) is 13.1 Å². The van der Waals surface area contributed by atoms with E-state index >= 15 is 0 Å². The van der Waals surface area contributed by atoms with Crippen LogP contribution in [0.25, 0.3) is 0 Å². The average Bonchev–Trinajstić information content (AvgIpc) is 2.21. The molecule has 1 aromatic carbocycles. The molecule has 0 aromatic heterocycles. The van der Waals surface area contributed by atoms with Crippen molar-refractivity contribution in [3.63, 3.8) is 0 Å². The van der Waals surface area contributed by atoms with Crippen molar-refractivity contribution in [1.29, 1.82) is 0 Å². The van der Waals surface area contributed by atoms with Crippen LogP contribution in [0.1, 0.15) is 24.8 Å². The van der Waals surface area contributed by atoms with Crippen molar-refractivity contribution in [3.05, 3.63) is 35.9 Å². The summed E-state index contributed by atoms with van der Waals surface area (Å²) in [6, 6.07) is 11.4. The molecule has 0 atom stereocenters. The van der Waals surface area contributed by atoms with Gasteiger partial charge in [-0.3, -0.25) is 4.90 Å². The third-order valence-electron chi connectivity index (χ3n) is 2.63. The Hall–Kier alpha value is -0.0538. The van der Waals surface area contributed by atoms with Crippen molar-refractivity contribution in [2.24, 2.45) is 0 Å². The van der Waals surface area contributed by atoms with Crippen molar-refractivity contribution in [3.8, 4) is 0 Å². The Morgan fingerprint density at radius 2 is 2.00 bits per heavy atom. The minimum Gasteiger partial charge on any atom is -0.299 e. The number of likely N-dealkylation sites (tertiary alicyclic amines) is 1. The predicted octanol–water partition coefficient (Wildman–Crippen LogP) is 1.56. The molecule has 2 heteroatoms. The topological polar surface area (TPSA) is 3.24 Å². The molecule has 1 heterocycles. The van der Waals surface area contributed by atoms with E-state index in [9.17, 15) is 0 Å². The van der Waals surface area contributed by atoms with Gasteiger partial charge in [-0.25, -0.2) is 0 Å². The molecule has 0 spiro atoms. The summed E-state index contributed by atoms with van der Waals surface area (Å²) in [7, 11) is 0. The van der Waals surface area contributed by atoms with E-state index in [1.807, 2.05) is 6.07 Å². The summed E-state index contributed by atoms with van der Waals surface area (Å²) < 4.78 is 0. The molecule has 0 bridgehead atoms. The Balaban J connectivity index is 0.000000980. The van der Waals surface area contributed by atoms with Gasteiger partial charge in [0.2, 0.25) is 0 Å². The molecule has 1 aromatic rings. The third-order valence-corrected chi connectivity index (χ3v) is 2.63. The molecule has 1 fully saturated rings. The molecule has 0 amide bonds. The summed E-state index contributed by atoms with van der Waals surface area (Å²) in [4.78, 5) is 2.53. The quantitative estimate of drug-likeness (QED) is 0.655. The highest BCUT2D eigenvalue weighted by Crippen LogP contribution is 2.12. The maximum absolute atomic E-state index is 3.12. The van der Waals surface area contributed by atoms with E-state index in [-0.39, 0.29) is 23.1 Å². The van der Waals surface area contributed by atoms with Gasteiger partial charge >= 0.3 is 23.1 Å². The fourth-order valence-corrected chi connectivity index (χ4v) is 1.90. The second kappa shape index (κ2) is 6.43. The summed E-state index contributed by atoms with van der Waals surface area (Å²) in [6.45, 7) is 3.65. The zero-order chi connectivity index (χ0) is 8.93. The first-order valence-corrected chi connectivity index (χ1v) is 5.12. The monoisotopic (exact) mass is 200 g/mol. The lowest BCUT2D eigenvalue weighted by Gasteiger charge is -2.26. The van der Waals surface area contributed by atoms with Crippen LogP contribution in [0.5, 0.6) is 0 Å². The first-order valence-electron chi connectivity index (χ1n) is 5.12. The molecular formula is C12H18MgN.